The SMILES string of the molecule is CC(C)C[C@H](N)C(=O)OC(=O)CC[C@H](N)C(=O)OC(=O)[C@@H](N)CC(C)C.[H-].[H-].[Na+].[Na+]. The Morgan fingerprint density at radius 3 is 1.46 bits per heavy atom. The zero-order valence-corrected chi connectivity index (χ0v) is 21.9. The fourth-order valence-corrected chi connectivity index (χ4v) is 2.09. The molecule has 0 aliphatic heterocycles. The summed E-state index contributed by atoms with van der Waals surface area (Å²) < 4.78 is 9.21. The van der Waals surface area contributed by atoms with E-state index in [2.05, 4.69) is 9.47 Å². The van der Waals surface area contributed by atoms with E-state index in [9.17, 15) is 19.2 Å². The van der Waals surface area contributed by atoms with Crippen LogP contribution in [0.25, 0.3) is 0 Å². The van der Waals surface area contributed by atoms with Crippen LogP contribution in [0.15, 0.2) is 0 Å². The van der Waals surface area contributed by atoms with Crippen LogP contribution in [-0.4, -0.2) is 42.0 Å². The number of esters is 4. The van der Waals surface area contributed by atoms with Crippen LogP contribution in [0.5, 0.6) is 0 Å². The molecule has 0 bridgehead atoms. The summed E-state index contributed by atoms with van der Waals surface area (Å²) in [5.41, 5.74) is 16.8. The van der Waals surface area contributed by atoms with Crippen molar-refractivity contribution in [3.63, 3.8) is 0 Å². The quantitative estimate of drug-likeness (QED) is 0.177. The van der Waals surface area contributed by atoms with E-state index in [4.69, 9.17) is 17.2 Å². The molecule has 6 N–H and O–H groups in total. The Kier molecular flexibility index (Phi) is 19.8. The zero-order valence-electron chi connectivity index (χ0n) is 19.9. The molecule has 0 saturated heterocycles. The number of carbonyl (C=O) groups excluding carboxylic acids is 4. The second kappa shape index (κ2) is 16.9. The van der Waals surface area contributed by atoms with Crippen molar-refractivity contribution in [2.24, 2.45) is 29.0 Å². The van der Waals surface area contributed by atoms with E-state index in [1.807, 2.05) is 27.7 Å². The average molecular weight is 421 g/mol. The fourth-order valence-electron chi connectivity index (χ4n) is 2.09. The first-order valence-electron chi connectivity index (χ1n) is 8.70. The van der Waals surface area contributed by atoms with Crippen LogP contribution in [0.2, 0.25) is 0 Å². The van der Waals surface area contributed by atoms with E-state index < -0.39 is 42.0 Å². The summed E-state index contributed by atoms with van der Waals surface area (Å²) in [6.07, 6.45) is 0.322. The van der Waals surface area contributed by atoms with Gasteiger partial charge in [-0.1, -0.05) is 27.7 Å². The predicted molar refractivity (Wildman–Crippen MR) is 96.5 cm³/mol. The van der Waals surface area contributed by atoms with E-state index in [0.29, 0.717) is 12.8 Å². The molecular formula is C17H33N3Na2O6. The summed E-state index contributed by atoms with van der Waals surface area (Å²) >= 11 is 0. The first-order chi connectivity index (χ1) is 11.9. The second-order valence-electron chi connectivity index (χ2n) is 7.15. The van der Waals surface area contributed by atoms with Crippen molar-refractivity contribution in [2.45, 2.75) is 71.5 Å². The van der Waals surface area contributed by atoms with Gasteiger partial charge in [-0.05, 0) is 31.1 Å². The van der Waals surface area contributed by atoms with Gasteiger partial charge in [0.15, 0.2) is 0 Å². The van der Waals surface area contributed by atoms with Gasteiger partial charge in [0.05, 0.1) is 0 Å². The van der Waals surface area contributed by atoms with E-state index in [1.54, 1.807) is 0 Å². The number of rotatable bonds is 10. The summed E-state index contributed by atoms with van der Waals surface area (Å²) in [5, 5.41) is 0. The molecule has 0 rings (SSSR count). The van der Waals surface area contributed by atoms with Crippen LogP contribution in [0.4, 0.5) is 0 Å². The minimum Gasteiger partial charge on any atom is -1.00 e. The van der Waals surface area contributed by atoms with Crippen LogP contribution in [0.3, 0.4) is 0 Å². The first kappa shape index (κ1) is 32.8. The number of nitrogens with two attached hydrogens (primary N) is 3. The maximum absolute atomic E-state index is 11.7. The predicted octanol–water partition coefficient (Wildman–Crippen LogP) is -5.79. The van der Waals surface area contributed by atoms with Gasteiger partial charge in [-0.25, -0.2) is 14.4 Å². The van der Waals surface area contributed by atoms with E-state index in [0.717, 1.165) is 0 Å². The Morgan fingerprint density at radius 2 is 1.07 bits per heavy atom. The van der Waals surface area contributed by atoms with Crippen molar-refractivity contribution in [2.75, 3.05) is 0 Å². The first-order valence-corrected chi connectivity index (χ1v) is 8.70. The second-order valence-corrected chi connectivity index (χ2v) is 7.15. The van der Waals surface area contributed by atoms with Gasteiger partial charge in [-0.2, -0.15) is 0 Å². The molecule has 0 heterocycles. The summed E-state index contributed by atoms with van der Waals surface area (Å²) in [7, 11) is 0. The van der Waals surface area contributed by atoms with E-state index in [1.165, 1.54) is 0 Å². The van der Waals surface area contributed by atoms with Crippen molar-refractivity contribution >= 4 is 23.9 Å². The summed E-state index contributed by atoms with van der Waals surface area (Å²) in [4.78, 5) is 46.7. The van der Waals surface area contributed by atoms with Crippen molar-refractivity contribution in [1.82, 2.24) is 0 Å². The molecule has 0 aliphatic rings. The molecule has 0 radical (unpaired) electrons. The molecule has 0 aromatic carbocycles. The Balaban J connectivity index is -0.000000521. The zero-order chi connectivity index (χ0) is 20.4. The van der Waals surface area contributed by atoms with Gasteiger partial charge in [0, 0.05) is 6.42 Å². The third kappa shape index (κ3) is 15.1. The molecule has 0 fully saturated rings. The molecule has 0 aliphatic carbocycles. The third-order valence-corrected chi connectivity index (χ3v) is 3.43. The maximum atomic E-state index is 11.7. The van der Waals surface area contributed by atoms with E-state index >= 15 is 0 Å². The third-order valence-electron chi connectivity index (χ3n) is 3.43. The maximum Gasteiger partial charge on any atom is 1.00 e. The van der Waals surface area contributed by atoms with Crippen LogP contribution < -0.4 is 76.3 Å². The Labute approximate surface area is 213 Å². The molecule has 0 aromatic rings. The van der Waals surface area contributed by atoms with Crippen LogP contribution in [0.1, 0.15) is 56.2 Å². The average Bonchev–Trinajstić information content (AvgIpc) is 2.50. The molecular weight excluding hydrogens is 388 g/mol. The van der Waals surface area contributed by atoms with Gasteiger partial charge in [0.2, 0.25) is 0 Å². The smallest absolute Gasteiger partial charge is 1.00 e. The standard InChI is InChI=1S/C17H31N3O6.2Na.2H/c1-9(2)7-12(19)16(23)25-14(21)6-5-11(18)15(22)26-17(24)13(20)8-10(3)4;;;;/h9-13H,5-8,18-20H2,1-4H3;;;;/q;2*+1;2*-1/t11-,12-,13-;;;;/m0..../s1. The monoisotopic (exact) mass is 421 g/mol. The number of ether oxygens (including phenoxy) is 2. The topological polar surface area (TPSA) is 165 Å². The summed E-state index contributed by atoms with van der Waals surface area (Å²) in [6, 6.07) is -3.02. The molecule has 0 aromatic heterocycles. The normalized spacial score (nSPS) is 13.6. The fraction of sp³-hybridized carbons (Fsp3) is 0.765. The van der Waals surface area contributed by atoms with Gasteiger partial charge < -0.3 is 29.5 Å². The number of carbonyl (C=O) groups is 4. The van der Waals surface area contributed by atoms with Crippen molar-refractivity contribution in [1.29, 1.82) is 0 Å². The molecule has 3 atom stereocenters. The van der Waals surface area contributed by atoms with E-state index in [-0.39, 0.29) is 86.6 Å². The Morgan fingerprint density at radius 1 is 0.714 bits per heavy atom. The molecule has 11 heteroatoms. The van der Waals surface area contributed by atoms with Crippen molar-refractivity contribution in [3.8, 4) is 0 Å². The molecule has 0 unspecified atom stereocenters. The van der Waals surface area contributed by atoms with Gasteiger partial charge >= 0.3 is 83.0 Å². The minimum atomic E-state index is -1.21. The van der Waals surface area contributed by atoms with Gasteiger partial charge in [-0.15, -0.1) is 0 Å². The van der Waals surface area contributed by atoms with Crippen LogP contribution >= 0.6 is 0 Å². The van der Waals surface area contributed by atoms with Gasteiger partial charge in [-0.3, -0.25) is 4.79 Å². The largest absolute Gasteiger partial charge is 1.00 e. The van der Waals surface area contributed by atoms with Crippen molar-refractivity contribution in [3.05, 3.63) is 0 Å². The Bertz CT molecular complexity index is 528. The van der Waals surface area contributed by atoms with Crippen LogP contribution in [0, 0.1) is 11.8 Å². The van der Waals surface area contributed by atoms with Crippen LogP contribution in [-0.2, 0) is 28.7 Å². The Hall–Kier alpha value is 0.160. The number of hydrogen-bond donors (Lipinski definition) is 3. The van der Waals surface area contributed by atoms with Gasteiger partial charge in [0.25, 0.3) is 0 Å². The minimum absolute atomic E-state index is 0. The molecule has 0 spiro atoms. The molecule has 0 saturated carbocycles. The molecule has 154 valence electrons. The van der Waals surface area contributed by atoms with Crippen molar-refractivity contribution < 1.29 is 90.6 Å². The molecule has 9 nitrogen and oxygen atoms in total. The summed E-state index contributed by atoms with van der Waals surface area (Å²) in [5.74, 6) is -3.18. The summed E-state index contributed by atoms with van der Waals surface area (Å²) in [6.45, 7) is 7.52. The van der Waals surface area contributed by atoms with Gasteiger partial charge in [0.1, 0.15) is 18.1 Å². The molecule has 0 amide bonds. The number of hydrogen-bond acceptors (Lipinski definition) is 9. The molecule has 28 heavy (non-hydrogen) atoms.